The second-order valence-electron chi connectivity index (χ2n) is 5.65. The average Bonchev–Trinajstić information content (AvgIpc) is 3.15. The SMILES string of the molecule is Cc1cccc2c(N=NC(=O)Cn3nnc4ccccc43)c(O)[nH]c12. The Labute approximate surface area is 141 Å². The smallest absolute Gasteiger partial charge is 0.286 e. The molecule has 4 aromatic rings. The third-order valence-electron chi connectivity index (χ3n) is 3.96. The minimum absolute atomic E-state index is 0.0772. The lowest BCUT2D eigenvalue weighted by Crippen LogP contribution is -2.08. The lowest BCUT2D eigenvalue weighted by atomic mass is 10.1. The highest BCUT2D eigenvalue weighted by Crippen LogP contribution is 2.36. The maximum Gasteiger partial charge on any atom is 0.286 e. The minimum Gasteiger partial charge on any atom is -0.493 e. The highest BCUT2D eigenvalue weighted by molar-refractivity contribution is 5.96. The van der Waals surface area contributed by atoms with Crippen molar-refractivity contribution < 1.29 is 9.90 Å². The van der Waals surface area contributed by atoms with Gasteiger partial charge in [-0.15, -0.1) is 15.3 Å². The highest BCUT2D eigenvalue weighted by atomic mass is 16.3. The Morgan fingerprint density at radius 3 is 2.96 bits per heavy atom. The number of fused-ring (bicyclic) bond motifs is 2. The number of amides is 1. The van der Waals surface area contributed by atoms with E-state index < -0.39 is 5.91 Å². The highest BCUT2D eigenvalue weighted by Gasteiger charge is 2.13. The van der Waals surface area contributed by atoms with Crippen LogP contribution < -0.4 is 0 Å². The van der Waals surface area contributed by atoms with E-state index in [-0.39, 0.29) is 18.1 Å². The molecule has 0 radical (unpaired) electrons. The van der Waals surface area contributed by atoms with E-state index >= 15 is 0 Å². The van der Waals surface area contributed by atoms with E-state index in [9.17, 15) is 9.90 Å². The Bertz CT molecular complexity index is 1120. The van der Waals surface area contributed by atoms with Gasteiger partial charge in [0.05, 0.1) is 11.0 Å². The molecular formula is C17H14N6O2. The number of nitrogens with zero attached hydrogens (tertiary/aromatic N) is 5. The number of aromatic hydroxyl groups is 1. The fourth-order valence-corrected chi connectivity index (χ4v) is 2.74. The Balaban J connectivity index is 1.61. The fourth-order valence-electron chi connectivity index (χ4n) is 2.74. The first kappa shape index (κ1) is 15.0. The molecule has 2 heterocycles. The molecule has 2 aromatic carbocycles. The van der Waals surface area contributed by atoms with Gasteiger partial charge in [-0.1, -0.05) is 35.5 Å². The predicted octanol–water partition coefficient (Wildman–Crippen LogP) is 3.24. The molecule has 2 aromatic heterocycles. The molecule has 0 aliphatic rings. The zero-order valence-electron chi connectivity index (χ0n) is 13.3. The van der Waals surface area contributed by atoms with Gasteiger partial charge in [-0.25, -0.2) is 4.68 Å². The van der Waals surface area contributed by atoms with Crippen molar-refractivity contribution in [1.29, 1.82) is 0 Å². The second kappa shape index (κ2) is 5.82. The standard InChI is InChI=1S/C17H14N6O2/c1-10-5-4-6-11-15(10)18-17(25)16(11)21-20-14(24)9-23-13-8-3-2-7-12(13)19-22-23/h2-8,18,25H,9H2,1H3. The fraction of sp³-hybridized carbons (Fsp3) is 0.118. The van der Waals surface area contributed by atoms with E-state index in [1.54, 1.807) is 0 Å². The summed E-state index contributed by atoms with van der Waals surface area (Å²) < 4.78 is 1.47. The Morgan fingerprint density at radius 2 is 2.08 bits per heavy atom. The third-order valence-corrected chi connectivity index (χ3v) is 3.96. The number of aryl methyl sites for hydroxylation is 1. The summed E-state index contributed by atoms with van der Waals surface area (Å²) in [5.74, 6) is -0.607. The van der Waals surface area contributed by atoms with Gasteiger partial charge in [0.25, 0.3) is 5.91 Å². The lowest BCUT2D eigenvalue weighted by Gasteiger charge is -1.97. The molecule has 0 atom stereocenters. The molecule has 0 bridgehead atoms. The van der Waals surface area contributed by atoms with Crippen molar-refractivity contribution in [3.8, 4) is 5.88 Å². The number of para-hydroxylation sites is 2. The molecule has 8 nitrogen and oxygen atoms in total. The molecule has 0 aliphatic carbocycles. The van der Waals surface area contributed by atoms with Gasteiger partial charge in [-0.2, -0.15) is 0 Å². The summed E-state index contributed by atoms with van der Waals surface area (Å²) in [5, 5.41) is 26.3. The number of aromatic nitrogens is 4. The summed E-state index contributed by atoms with van der Waals surface area (Å²) in [5.41, 5.74) is 3.43. The monoisotopic (exact) mass is 334 g/mol. The maximum absolute atomic E-state index is 12.1. The molecule has 0 saturated carbocycles. The van der Waals surface area contributed by atoms with E-state index in [2.05, 4.69) is 25.5 Å². The van der Waals surface area contributed by atoms with Crippen molar-refractivity contribution in [1.82, 2.24) is 20.0 Å². The molecule has 0 fully saturated rings. The normalized spacial score (nSPS) is 11.7. The van der Waals surface area contributed by atoms with Crippen molar-refractivity contribution in [2.75, 3.05) is 0 Å². The number of H-pyrrole nitrogens is 1. The van der Waals surface area contributed by atoms with Crippen LogP contribution in [0.15, 0.2) is 52.7 Å². The zero-order chi connectivity index (χ0) is 17.4. The van der Waals surface area contributed by atoms with E-state index in [4.69, 9.17) is 0 Å². The first-order chi connectivity index (χ1) is 12.1. The molecule has 0 unspecified atom stereocenters. The van der Waals surface area contributed by atoms with E-state index in [1.807, 2.05) is 49.4 Å². The van der Waals surface area contributed by atoms with Gasteiger partial charge in [-0.05, 0) is 24.6 Å². The number of hydrogen-bond acceptors (Lipinski definition) is 5. The largest absolute Gasteiger partial charge is 0.493 e. The van der Waals surface area contributed by atoms with Crippen LogP contribution in [0.25, 0.3) is 21.9 Å². The van der Waals surface area contributed by atoms with E-state index in [0.29, 0.717) is 10.9 Å². The minimum atomic E-state index is -0.489. The van der Waals surface area contributed by atoms with Crippen LogP contribution in [0.1, 0.15) is 5.56 Å². The summed E-state index contributed by atoms with van der Waals surface area (Å²) >= 11 is 0. The third kappa shape index (κ3) is 2.63. The Morgan fingerprint density at radius 1 is 1.24 bits per heavy atom. The predicted molar refractivity (Wildman–Crippen MR) is 91.8 cm³/mol. The first-order valence-corrected chi connectivity index (χ1v) is 7.66. The summed E-state index contributed by atoms with van der Waals surface area (Å²) in [4.78, 5) is 15.0. The molecular weight excluding hydrogens is 320 g/mol. The molecule has 8 heteroatoms. The molecule has 124 valence electrons. The van der Waals surface area contributed by atoms with Gasteiger partial charge in [0.15, 0.2) is 5.69 Å². The Hall–Kier alpha value is -3.55. The quantitative estimate of drug-likeness (QED) is 0.561. The van der Waals surface area contributed by atoms with Crippen LogP contribution in [0.5, 0.6) is 5.88 Å². The van der Waals surface area contributed by atoms with Crippen LogP contribution in [-0.4, -0.2) is 31.0 Å². The van der Waals surface area contributed by atoms with Crippen LogP contribution in [-0.2, 0) is 11.3 Å². The van der Waals surface area contributed by atoms with Crippen molar-refractivity contribution >= 4 is 33.5 Å². The zero-order valence-corrected chi connectivity index (χ0v) is 13.3. The van der Waals surface area contributed by atoms with E-state index in [0.717, 1.165) is 16.6 Å². The van der Waals surface area contributed by atoms with Gasteiger partial charge >= 0.3 is 0 Å². The Kier molecular flexibility index (Phi) is 3.50. The number of carbonyl (C=O) groups is 1. The topological polar surface area (TPSA) is 109 Å². The average molecular weight is 334 g/mol. The van der Waals surface area contributed by atoms with Crippen LogP contribution >= 0.6 is 0 Å². The molecule has 4 rings (SSSR count). The van der Waals surface area contributed by atoms with Crippen molar-refractivity contribution in [2.24, 2.45) is 10.2 Å². The number of azo groups is 1. The van der Waals surface area contributed by atoms with Gasteiger partial charge in [0.1, 0.15) is 12.1 Å². The van der Waals surface area contributed by atoms with Crippen LogP contribution in [0.2, 0.25) is 0 Å². The van der Waals surface area contributed by atoms with Gasteiger partial charge in [-0.3, -0.25) is 4.79 Å². The molecule has 0 spiro atoms. The van der Waals surface area contributed by atoms with Crippen molar-refractivity contribution in [3.05, 3.63) is 48.0 Å². The molecule has 0 aliphatic heterocycles. The second-order valence-corrected chi connectivity index (χ2v) is 5.65. The number of benzene rings is 2. The first-order valence-electron chi connectivity index (χ1n) is 7.66. The summed E-state index contributed by atoms with van der Waals surface area (Å²) in [6.07, 6.45) is 0. The van der Waals surface area contributed by atoms with Crippen LogP contribution in [0.4, 0.5) is 5.69 Å². The number of aromatic amines is 1. The van der Waals surface area contributed by atoms with Crippen molar-refractivity contribution in [3.63, 3.8) is 0 Å². The van der Waals surface area contributed by atoms with Gasteiger partial charge in [0.2, 0.25) is 5.88 Å². The molecule has 1 amide bonds. The summed E-state index contributed by atoms with van der Waals surface area (Å²) in [7, 11) is 0. The maximum atomic E-state index is 12.1. The van der Waals surface area contributed by atoms with Gasteiger partial charge < -0.3 is 10.1 Å². The molecule has 25 heavy (non-hydrogen) atoms. The van der Waals surface area contributed by atoms with Gasteiger partial charge in [0, 0.05) is 5.39 Å². The van der Waals surface area contributed by atoms with Crippen molar-refractivity contribution in [2.45, 2.75) is 13.5 Å². The molecule has 0 saturated heterocycles. The number of rotatable bonds is 3. The number of nitrogens with one attached hydrogen (secondary N) is 1. The van der Waals surface area contributed by atoms with Crippen LogP contribution in [0.3, 0.4) is 0 Å². The summed E-state index contributed by atoms with van der Waals surface area (Å²) in [6.45, 7) is 1.84. The number of carbonyl (C=O) groups excluding carboxylic acids is 1. The number of hydrogen-bond donors (Lipinski definition) is 2. The lowest BCUT2D eigenvalue weighted by molar-refractivity contribution is -0.119. The van der Waals surface area contributed by atoms with Crippen LogP contribution in [0, 0.1) is 6.92 Å². The molecule has 2 N–H and O–H groups in total. The summed E-state index contributed by atoms with van der Waals surface area (Å²) in [6, 6.07) is 12.9. The van der Waals surface area contributed by atoms with E-state index in [1.165, 1.54) is 4.68 Å².